The minimum absolute atomic E-state index is 0.00157. The average Bonchev–Trinajstić information content (AvgIpc) is 2.27. The van der Waals surface area contributed by atoms with Gasteiger partial charge in [0.15, 0.2) is 0 Å². The molecule has 2 heterocycles. The predicted octanol–water partition coefficient (Wildman–Crippen LogP) is -0.0127. The third kappa shape index (κ3) is 1.44. The number of nitrogens with one attached hydrogen (secondary N) is 1. The molecule has 0 saturated heterocycles. The SMILES string of the molecule is CC1COc2ncncc2C(=O)N1. The van der Waals surface area contributed by atoms with Gasteiger partial charge in [0.2, 0.25) is 5.88 Å². The molecule has 0 fully saturated rings. The van der Waals surface area contributed by atoms with Crippen molar-refractivity contribution in [3.63, 3.8) is 0 Å². The van der Waals surface area contributed by atoms with Crippen molar-refractivity contribution in [2.24, 2.45) is 0 Å². The second kappa shape index (κ2) is 3.01. The number of carbonyl (C=O) groups is 1. The summed E-state index contributed by atoms with van der Waals surface area (Å²) in [6.45, 7) is 2.31. The lowest BCUT2D eigenvalue weighted by Gasteiger charge is -2.07. The maximum Gasteiger partial charge on any atom is 0.258 e. The van der Waals surface area contributed by atoms with Crippen molar-refractivity contribution in [3.8, 4) is 5.88 Å². The highest BCUT2D eigenvalue weighted by atomic mass is 16.5. The van der Waals surface area contributed by atoms with Crippen LogP contribution >= 0.6 is 0 Å². The molecule has 1 unspecified atom stereocenters. The van der Waals surface area contributed by atoms with E-state index in [2.05, 4.69) is 15.3 Å². The lowest BCUT2D eigenvalue weighted by atomic mass is 10.3. The lowest BCUT2D eigenvalue weighted by Crippen LogP contribution is -2.33. The summed E-state index contributed by atoms with van der Waals surface area (Å²) in [6.07, 6.45) is 2.82. The van der Waals surface area contributed by atoms with Crippen LogP contribution in [0.15, 0.2) is 12.5 Å². The summed E-state index contributed by atoms with van der Waals surface area (Å²) < 4.78 is 5.30. The van der Waals surface area contributed by atoms with Gasteiger partial charge >= 0.3 is 0 Å². The summed E-state index contributed by atoms with van der Waals surface area (Å²) in [5.41, 5.74) is 0.395. The van der Waals surface area contributed by atoms with E-state index in [0.29, 0.717) is 18.1 Å². The van der Waals surface area contributed by atoms with Crippen LogP contribution in [0.1, 0.15) is 17.3 Å². The van der Waals surface area contributed by atoms with Crippen LogP contribution in [0.4, 0.5) is 0 Å². The van der Waals surface area contributed by atoms with Crippen LogP contribution in [-0.4, -0.2) is 28.5 Å². The second-order valence-electron chi connectivity index (χ2n) is 2.93. The Balaban J connectivity index is 2.40. The zero-order valence-corrected chi connectivity index (χ0v) is 7.15. The van der Waals surface area contributed by atoms with Crippen molar-refractivity contribution < 1.29 is 9.53 Å². The van der Waals surface area contributed by atoms with Crippen LogP contribution in [-0.2, 0) is 0 Å². The molecule has 68 valence electrons. The molecular formula is C8H9N3O2. The summed E-state index contributed by atoms with van der Waals surface area (Å²) in [5.74, 6) is 0.178. The quantitative estimate of drug-likeness (QED) is 0.608. The molecule has 5 heteroatoms. The van der Waals surface area contributed by atoms with Gasteiger partial charge in [-0.15, -0.1) is 0 Å². The molecule has 0 saturated carbocycles. The number of hydrogen-bond acceptors (Lipinski definition) is 4. The van der Waals surface area contributed by atoms with E-state index < -0.39 is 0 Å². The highest BCUT2D eigenvalue weighted by molar-refractivity contribution is 5.96. The number of amides is 1. The number of ether oxygens (including phenoxy) is 1. The van der Waals surface area contributed by atoms with Gasteiger partial charge in [0.05, 0.1) is 6.04 Å². The van der Waals surface area contributed by atoms with Crippen molar-refractivity contribution in [1.82, 2.24) is 15.3 Å². The van der Waals surface area contributed by atoms with Gasteiger partial charge in [-0.2, -0.15) is 0 Å². The zero-order valence-electron chi connectivity index (χ0n) is 7.15. The van der Waals surface area contributed by atoms with Crippen LogP contribution in [0.3, 0.4) is 0 Å². The molecule has 1 aliphatic heterocycles. The molecule has 1 amide bonds. The van der Waals surface area contributed by atoms with Crippen molar-refractivity contribution in [2.45, 2.75) is 13.0 Å². The van der Waals surface area contributed by atoms with Crippen molar-refractivity contribution >= 4 is 5.91 Å². The first-order valence-corrected chi connectivity index (χ1v) is 4.01. The predicted molar refractivity (Wildman–Crippen MR) is 44.5 cm³/mol. The van der Waals surface area contributed by atoms with Crippen LogP contribution in [0.5, 0.6) is 5.88 Å². The molecule has 1 aromatic heterocycles. The number of nitrogens with zero attached hydrogens (tertiary/aromatic N) is 2. The number of carbonyl (C=O) groups excluding carboxylic acids is 1. The Kier molecular flexibility index (Phi) is 1.84. The minimum atomic E-state index is -0.180. The number of hydrogen-bond donors (Lipinski definition) is 1. The summed E-state index contributed by atoms with van der Waals surface area (Å²) in [5, 5.41) is 2.75. The van der Waals surface area contributed by atoms with Crippen LogP contribution in [0.25, 0.3) is 0 Å². The molecule has 0 bridgehead atoms. The van der Waals surface area contributed by atoms with Gasteiger partial charge in [0, 0.05) is 6.20 Å². The van der Waals surface area contributed by atoms with E-state index in [1.807, 2.05) is 6.92 Å². The topological polar surface area (TPSA) is 64.1 Å². The summed E-state index contributed by atoms with van der Waals surface area (Å²) in [6, 6.07) is 0.00157. The molecule has 1 aromatic rings. The standard InChI is InChI=1S/C8H9N3O2/c1-5-3-13-8-6(7(12)11-5)2-9-4-10-8/h2,4-5H,3H2,1H3,(H,11,12). The highest BCUT2D eigenvalue weighted by Crippen LogP contribution is 2.15. The van der Waals surface area contributed by atoms with E-state index in [1.54, 1.807) is 0 Å². The highest BCUT2D eigenvalue weighted by Gasteiger charge is 2.20. The summed E-state index contributed by atoms with van der Waals surface area (Å²) >= 11 is 0. The van der Waals surface area contributed by atoms with Crippen molar-refractivity contribution in [2.75, 3.05) is 6.61 Å². The normalized spacial score (nSPS) is 21.0. The molecular weight excluding hydrogens is 170 g/mol. The molecule has 5 nitrogen and oxygen atoms in total. The van der Waals surface area contributed by atoms with E-state index in [-0.39, 0.29) is 11.9 Å². The van der Waals surface area contributed by atoms with Crippen molar-refractivity contribution in [1.29, 1.82) is 0 Å². The minimum Gasteiger partial charge on any atom is -0.475 e. The Morgan fingerprint density at radius 1 is 1.69 bits per heavy atom. The molecule has 0 radical (unpaired) electrons. The van der Waals surface area contributed by atoms with Gasteiger partial charge in [0.1, 0.15) is 18.5 Å². The average molecular weight is 179 g/mol. The Hall–Kier alpha value is -1.65. The van der Waals surface area contributed by atoms with E-state index in [0.717, 1.165) is 0 Å². The largest absolute Gasteiger partial charge is 0.475 e. The summed E-state index contributed by atoms with van der Waals surface area (Å²) in [7, 11) is 0. The first-order valence-electron chi connectivity index (χ1n) is 4.01. The van der Waals surface area contributed by atoms with Crippen LogP contribution in [0, 0.1) is 0 Å². The molecule has 1 aliphatic rings. The second-order valence-corrected chi connectivity index (χ2v) is 2.93. The molecule has 0 aliphatic carbocycles. The fraction of sp³-hybridized carbons (Fsp3) is 0.375. The zero-order chi connectivity index (χ0) is 9.26. The fourth-order valence-corrected chi connectivity index (χ4v) is 1.14. The first kappa shape index (κ1) is 7.97. The van der Waals surface area contributed by atoms with Gasteiger partial charge in [-0.25, -0.2) is 9.97 Å². The van der Waals surface area contributed by atoms with Gasteiger partial charge in [-0.1, -0.05) is 0 Å². The molecule has 2 rings (SSSR count). The lowest BCUT2D eigenvalue weighted by molar-refractivity contribution is 0.0942. The van der Waals surface area contributed by atoms with E-state index in [9.17, 15) is 4.79 Å². The third-order valence-corrected chi connectivity index (χ3v) is 1.77. The van der Waals surface area contributed by atoms with Crippen LogP contribution in [0.2, 0.25) is 0 Å². The monoisotopic (exact) mass is 179 g/mol. The van der Waals surface area contributed by atoms with Gasteiger partial charge in [0.25, 0.3) is 5.91 Å². The first-order chi connectivity index (χ1) is 6.27. The van der Waals surface area contributed by atoms with Gasteiger partial charge in [-0.3, -0.25) is 4.79 Å². The van der Waals surface area contributed by atoms with Crippen molar-refractivity contribution in [3.05, 3.63) is 18.1 Å². The molecule has 1 N–H and O–H groups in total. The smallest absolute Gasteiger partial charge is 0.258 e. The van der Waals surface area contributed by atoms with Gasteiger partial charge in [-0.05, 0) is 6.92 Å². The maximum atomic E-state index is 11.4. The molecule has 0 spiro atoms. The number of rotatable bonds is 0. The molecule has 0 aromatic carbocycles. The van der Waals surface area contributed by atoms with E-state index in [4.69, 9.17) is 4.74 Å². The Morgan fingerprint density at radius 3 is 3.38 bits per heavy atom. The van der Waals surface area contributed by atoms with Crippen LogP contribution < -0.4 is 10.1 Å². The molecule has 1 atom stereocenters. The fourth-order valence-electron chi connectivity index (χ4n) is 1.14. The number of aromatic nitrogens is 2. The number of fused-ring (bicyclic) bond motifs is 1. The molecule has 13 heavy (non-hydrogen) atoms. The third-order valence-electron chi connectivity index (χ3n) is 1.77. The van der Waals surface area contributed by atoms with Gasteiger partial charge < -0.3 is 10.1 Å². The maximum absolute atomic E-state index is 11.4. The van der Waals surface area contributed by atoms with E-state index >= 15 is 0 Å². The Bertz CT molecular complexity index is 340. The summed E-state index contributed by atoms with van der Waals surface area (Å²) in [4.78, 5) is 19.1. The Morgan fingerprint density at radius 2 is 2.54 bits per heavy atom. The van der Waals surface area contributed by atoms with E-state index in [1.165, 1.54) is 12.5 Å². The Labute approximate surface area is 75.1 Å².